The Bertz CT molecular complexity index is 608. The van der Waals surface area contributed by atoms with E-state index in [2.05, 4.69) is 0 Å². The molecule has 0 aliphatic rings. The van der Waals surface area contributed by atoms with Crippen molar-refractivity contribution in [2.45, 2.75) is 12.4 Å². The van der Waals surface area contributed by atoms with Crippen molar-refractivity contribution >= 4 is 22.6 Å². The van der Waals surface area contributed by atoms with Gasteiger partial charge in [-0.2, -0.15) is 26.3 Å². The molecule has 2 aromatic carbocycles. The van der Waals surface area contributed by atoms with Crippen LogP contribution in [0.15, 0.2) is 42.5 Å². The molecule has 0 bridgehead atoms. The third kappa shape index (κ3) is 3.50. The molecular formula is C14H7F6I. The van der Waals surface area contributed by atoms with E-state index >= 15 is 0 Å². The van der Waals surface area contributed by atoms with Crippen molar-refractivity contribution in [2.24, 2.45) is 0 Å². The third-order valence-corrected chi connectivity index (χ3v) is 3.95. The van der Waals surface area contributed by atoms with Crippen molar-refractivity contribution < 1.29 is 26.3 Å². The fraction of sp³-hybridized carbons (Fsp3) is 0.143. The van der Waals surface area contributed by atoms with Crippen LogP contribution in [0.3, 0.4) is 0 Å². The molecular weight excluding hydrogens is 409 g/mol. The Labute approximate surface area is 129 Å². The van der Waals surface area contributed by atoms with Gasteiger partial charge in [0.05, 0.1) is 11.1 Å². The van der Waals surface area contributed by atoms with E-state index in [1.165, 1.54) is 12.1 Å². The summed E-state index contributed by atoms with van der Waals surface area (Å²) in [5.41, 5.74) is -2.38. The predicted octanol–water partition coefficient (Wildman–Crippen LogP) is 6.00. The van der Waals surface area contributed by atoms with Gasteiger partial charge in [0.1, 0.15) is 0 Å². The zero-order valence-electron chi connectivity index (χ0n) is 10.2. The number of alkyl halides is 6. The van der Waals surface area contributed by atoms with Crippen LogP contribution in [0.4, 0.5) is 26.3 Å². The molecule has 0 heterocycles. The highest BCUT2D eigenvalue weighted by atomic mass is 127. The summed E-state index contributed by atoms with van der Waals surface area (Å²) in [5.74, 6) is 0. The summed E-state index contributed by atoms with van der Waals surface area (Å²) >= 11 is 1.09. The Hall–Kier alpha value is -1.25. The van der Waals surface area contributed by atoms with Crippen LogP contribution in [0.1, 0.15) is 11.1 Å². The first-order valence-electron chi connectivity index (χ1n) is 5.64. The highest BCUT2D eigenvalue weighted by molar-refractivity contribution is 14.1. The molecule has 0 spiro atoms. The van der Waals surface area contributed by atoms with Gasteiger partial charge in [-0.05, 0) is 45.9 Å². The summed E-state index contributed by atoms with van der Waals surface area (Å²) in [6, 6.07) is 9.14. The van der Waals surface area contributed by atoms with Gasteiger partial charge in [-0.15, -0.1) is 0 Å². The molecule has 0 fully saturated rings. The zero-order chi connectivity index (χ0) is 15.8. The van der Waals surface area contributed by atoms with Gasteiger partial charge in [0.25, 0.3) is 0 Å². The maximum atomic E-state index is 12.9. The first-order valence-corrected chi connectivity index (χ1v) is 6.72. The molecule has 7 heteroatoms. The number of benzene rings is 2. The van der Waals surface area contributed by atoms with E-state index in [1.807, 2.05) is 0 Å². The minimum atomic E-state index is -4.85. The Morgan fingerprint density at radius 3 is 1.48 bits per heavy atom. The number of halogens is 7. The number of hydrogen-bond donors (Lipinski definition) is 0. The van der Waals surface area contributed by atoms with E-state index in [0.717, 1.165) is 34.7 Å². The van der Waals surface area contributed by atoms with Crippen LogP contribution in [0, 0.1) is 3.57 Å². The van der Waals surface area contributed by atoms with Crippen molar-refractivity contribution in [1.82, 2.24) is 0 Å². The quantitative estimate of drug-likeness (QED) is 0.396. The van der Waals surface area contributed by atoms with Crippen molar-refractivity contribution in [3.8, 4) is 11.1 Å². The first kappa shape index (κ1) is 16.1. The molecule has 0 N–H and O–H groups in total. The molecule has 2 aromatic rings. The molecule has 0 aromatic heterocycles. The lowest BCUT2D eigenvalue weighted by Crippen LogP contribution is -2.15. The lowest BCUT2D eigenvalue weighted by Gasteiger charge is -2.17. The maximum Gasteiger partial charge on any atom is 0.417 e. The molecule has 2 rings (SSSR count). The Morgan fingerprint density at radius 2 is 1.10 bits per heavy atom. The van der Waals surface area contributed by atoms with E-state index in [4.69, 9.17) is 0 Å². The summed E-state index contributed by atoms with van der Waals surface area (Å²) in [5, 5.41) is 0. The molecule has 0 unspecified atom stereocenters. The highest BCUT2D eigenvalue weighted by Crippen LogP contribution is 2.42. The second-order valence-corrected chi connectivity index (χ2v) is 5.33. The lowest BCUT2D eigenvalue weighted by molar-refractivity contribution is -0.144. The summed E-state index contributed by atoms with van der Waals surface area (Å²) in [6.45, 7) is 0. The molecule has 0 aliphatic heterocycles. The molecule has 0 atom stereocenters. The van der Waals surface area contributed by atoms with Gasteiger partial charge in [-0.1, -0.05) is 30.3 Å². The summed E-state index contributed by atoms with van der Waals surface area (Å²) in [6.07, 6.45) is -9.69. The van der Waals surface area contributed by atoms with Crippen LogP contribution in [-0.4, -0.2) is 0 Å². The monoisotopic (exact) mass is 416 g/mol. The van der Waals surface area contributed by atoms with Crippen molar-refractivity contribution in [2.75, 3.05) is 0 Å². The van der Waals surface area contributed by atoms with Crippen molar-refractivity contribution in [1.29, 1.82) is 0 Å². The van der Waals surface area contributed by atoms with Gasteiger partial charge in [-0.3, -0.25) is 0 Å². The maximum absolute atomic E-state index is 12.9. The van der Waals surface area contributed by atoms with Gasteiger partial charge < -0.3 is 0 Å². The SMILES string of the molecule is FC(F)(F)c1cc(-c2ccccc2)cc(C(F)(F)F)c1I. The fourth-order valence-electron chi connectivity index (χ4n) is 1.83. The molecule has 112 valence electrons. The van der Waals surface area contributed by atoms with E-state index in [-0.39, 0.29) is 5.56 Å². The minimum absolute atomic E-state index is 0.115. The van der Waals surface area contributed by atoms with Gasteiger partial charge in [0.15, 0.2) is 0 Å². The third-order valence-electron chi connectivity index (χ3n) is 2.79. The van der Waals surface area contributed by atoms with Gasteiger partial charge in [-0.25, -0.2) is 0 Å². The summed E-state index contributed by atoms with van der Waals surface area (Å²) in [7, 11) is 0. The second-order valence-electron chi connectivity index (χ2n) is 4.25. The highest BCUT2D eigenvalue weighted by Gasteiger charge is 2.40. The van der Waals surface area contributed by atoms with E-state index in [1.54, 1.807) is 18.2 Å². The topological polar surface area (TPSA) is 0 Å². The summed E-state index contributed by atoms with van der Waals surface area (Å²) in [4.78, 5) is 0. The molecule has 0 aliphatic carbocycles. The van der Waals surface area contributed by atoms with Crippen LogP contribution < -0.4 is 0 Å². The molecule has 0 nitrogen and oxygen atoms in total. The molecule has 0 saturated carbocycles. The number of rotatable bonds is 1. The smallest absolute Gasteiger partial charge is 0.166 e. The van der Waals surface area contributed by atoms with Gasteiger partial charge in [0.2, 0.25) is 0 Å². The lowest BCUT2D eigenvalue weighted by atomic mass is 9.99. The largest absolute Gasteiger partial charge is 0.417 e. The van der Waals surface area contributed by atoms with Crippen molar-refractivity contribution in [3.63, 3.8) is 0 Å². The first-order chi connectivity index (χ1) is 9.60. The normalized spacial score (nSPS) is 12.5. The predicted molar refractivity (Wildman–Crippen MR) is 74.6 cm³/mol. The minimum Gasteiger partial charge on any atom is -0.166 e. The standard InChI is InChI=1S/C14H7F6I/c15-13(16,17)10-6-9(8-4-2-1-3-5-8)7-11(12(10)21)14(18,19)20/h1-7H. The van der Waals surface area contributed by atoms with Crippen LogP contribution >= 0.6 is 22.6 Å². The Balaban J connectivity index is 2.75. The second kappa shape index (κ2) is 5.51. The molecule has 21 heavy (non-hydrogen) atoms. The number of hydrogen-bond acceptors (Lipinski definition) is 0. The zero-order valence-corrected chi connectivity index (χ0v) is 12.3. The molecule has 0 radical (unpaired) electrons. The van der Waals surface area contributed by atoms with Crippen molar-refractivity contribution in [3.05, 3.63) is 57.2 Å². The van der Waals surface area contributed by atoms with Crippen LogP contribution in [-0.2, 0) is 12.4 Å². The van der Waals surface area contributed by atoms with Crippen LogP contribution in [0.5, 0.6) is 0 Å². The summed E-state index contributed by atoms with van der Waals surface area (Å²) < 4.78 is 76.8. The molecule has 0 amide bonds. The van der Waals surface area contributed by atoms with E-state index in [0.29, 0.717) is 5.56 Å². The fourth-order valence-corrected chi connectivity index (χ4v) is 2.76. The van der Waals surface area contributed by atoms with Gasteiger partial charge in [0, 0.05) is 3.57 Å². The van der Waals surface area contributed by atoms with Crippen LogP contribution in [0.2, 0.25) is 0 Å². The molecule has 0 saturated heterocycles. The average Bonchev–Trinajstić information content (AvgIpc) is 2.37. The van der Waals surface area contributed by atoms with Gasteiger partial charge >= 0.3 is 12.4 Å². The van der Waals surface area contributed by atoms with Crippen LogP contribution in [0.25, 0.3) is 11.1 Å². The van der Waals surface area contributed by atoms with E-state index in [9.17, 15) is 26.3 Å². The average molecular weight is 416 g/mol. The Kier molecular flexibility index (Phi) is 4.23. The Morgan fingerprint density at radius 1 is 0.667 bits per heavy atom. The van der Waals surface area contributed by atoms with E-state index < -0.39 is 27.0 Å².